The van der Waals surface area contributed by atoms with E-state index in [0.717, 1.165) is 31.2 Å². The molecule has 0 fully saturated rings. The molecular formula is C15H21FO3. The van der Waals surface area contributed by atoms with Crippen LogP contribution in [0.1, 0.15) is 37.7 Å². The fourth-order valence-electron chi connectivity index (χ4n) is 1.73. The number of benzene rings is 1. The molecule has 1 aromatic rings. The van der Waals surface area contributed by atoms with E-state index in [1.165, 1.54) is 13.2 Å². The molecule has 0 aliphatic carbocycles. The highest BCUT2D eigenvalue weighted by atomic mass is 19.1. The molecule has 0 bridgehead atoms. The van der Waals surface area contributed by atoms with Crippen LogP contribution in [0.4, 0.5) is 4.39 Å². The van der Waals surface area contributed by atoms with Gasteiger partial charge >= 0.3 is 5.97 Å². The van der Waals surface area contributed by atoms with Crippen molar-refractivity contribution >= 4 is 5.97 Å². The Bertz CT molecular complexity index is 404. The van der Waals surface area contributed by atoms with E-state index in [-0.39, 0.29) is 11.8 Å². The predicted octanol–water partition coefficient (Wildman–Crippen LogP) is 3.64. The average Bonchev–Trinajstić information content (AvgIpc) is 2.41. The molecule has 106 valence electrons. The van der Waals surface area contributed by atoms with Crippen LogP contribution in [-0.4, -0.2) is 19.7 Å². The fraction of sp³-hybridized carbons (Fsp3) is 0.533. The highest BCUT2D eigenvalue weighted by Crippen LogP contribution is 2.18. The van der Waals surface area contributed by atoms with Gasteiger partial charge in [-0.05, 0) is 37.5 Å². The first-order valence-corrected chi connectivity index (χ1v) is 6.59. The summed E-state index contributed by atoms with van der Waals surface area (Å²) >= 11 is 0. The zero-order valence-corrected chi connectivity index (χ0v) is 11.6. The van der Waals surface area contributed by atoms with Crippen LogP contribution in [0, 0.1) is 12.7 Å². The lowest BCUT2D eigenvalue weighted by Gasteiger charge is -2.07. The molecule has 0 aromatic heterocycles. The second-order valence-corrected chi connectivity index (χ2v) is 4.52. The quantitative estimate of drug-likeness (QED) is 0.533. The fourth-order valence-corrected chi connectivity index (χ4v) is 1.73. The van der Waals surface area contributed by atoms with Gasteiger partial charge in [0.1, 0.15) is 0 Å². The molecule has 0 radical (unpaired) electrons. The Kier molecular flexibility index (Phi) is 6.93. The van der Waals surface area contributed by atoms with E-state index in [1.54, 1.807) is 12.1 Å². The Morgan fingerprint density at radius 1 is 1.21 bits per heavy atom. The topological polar surface area (TPSA) is 35.5 Å². The van der Waals surface area contributed by atoms with Crippen LogP contribution < -0.4 is 4.74 Å². The molecule has 0 saturated carbocycles. The predicted molar refractivity (Wildman–Crippen MR) is 71.7 cm³/mol. The van der Waals surface area contributed by atoms with Gasteiger partial charge in [0.25, 0.3) is 0 Å². The normalized spacial score (nSPS) is 10.3. The molecule has 4 heteroatoms. The van der Waals surface area contributed by atoms with Crippen LogP contribution in [0.5, 0.6) is 5.75 Å². The molecular weight excluding hydrogens is 247 g/mol. The molecule has 0 saturated heterocycles. The third-order valence-corrected chi connectivity index (χ3v) is 2.85. The standard InChI is InChI=1S/C15H21FO3/c1-12-8-9-13(16)14(11-12)19-10-6-4-3-5-7-15(17)18-2/h8-9,11H,3-7,10H2,1-2H3. The van der Waals surface area contributed by atoms with E-state index < -0.39 is 0 Å². The maximum atomic E-state index is 13.4. The number of carbonyl (C=O) groups excluding carboxylic acids is 1. The largest absolute Gasteiger partial charge is 0.491 e. The summed E-state index contributed by atoms with van der Waals surface area (Å²) in [5, 5.41) is 0. The van der Waals surface area contributed by atoms with Gasteiger partial charge in [-0.25, -0.2) is 4.39 Å². The molecule has 0 unspecified atom stereocenters. The summed E-state index contributed by atoms with van der Waals surface area (Å²) in [4.78, 5) is 10.9. The number of aryl methyl sites for hydroxylation is 1. The second kappa shape index (κ2) is 8.51. The molecule has 19 heavy (non-hydrogen) atoms. The number of halogens is 1. The van der Waals surface area contributed by atoms with Crippen molar-refractivity contribution in [1.29, 1.82) is 0 Å². The van der Waals surface area contributed by atoms with Crippen molar-refractivity contribution in [2.24, 2.45) is 0 Å². The van der Waals surface area contributed by atoms with Crippen LogP contribution in [0.2, 0.25) is 0 Å². The number of unbranched alkanes of at least 4 members (excludes halogenated alkanes) is 3. The summed E-state index contributed by atoms with van der Waals surface area (Å²) in [6.07, 6.45) is 4.06. The molecule has 0 spiro atoms. The monoisotopic (exact) mass is 268 g/mol. The highest BCUT2D eigenvalue weighted by molar-refractivity contribution is 5.68. The summed E-state index contributed by atoms with van der Waals surface area (Å²) in [7, 11) is 1.40. The Labute approximate surface area is 113 Å². The van der Waals surface area contributed by atoms with E-state index in [9.17, 15) is 9.18 Å². The first-order chi connectivity index (χ1) is 9.13. The summed E-state index contributed by atoms with van der Waals surface area (Å²) < 4.78 is 23.3. The first kappa shape index (κ1) is 15.5. The van der Waals surface area contributed by atoms with Crippen LogP contribution in [0.25, 0.3) is 0 Å². The van der Waals surface area contributed by atoms with Crippen LogP contribution in [0.15, 0.2) is 18.2 Å². The molecule has 0 N–H and O–H groups in total. The number of carbonyl (C=O) groups is 1. The number of methoxy groups -OCH3 is 1. The zero-order valence-electron chi connectivity index (χ0n) is 11.6. The van der Waals surface area contributed by atoms with Crippen LogP contribution in [0.3, 0.4) is 0 Å². The van der Waals surface area contributed by atoms with Crippen molar-refractivity contribution in [2.45, 2.75) is 39.0 Å². The Hall–Kier alpha value is -1.58. The van der Waals surface area contributed by atoms with E-state index >= 15 is 0 Å². The minimum atomic E-state index is -0.323. The third-order valence-electron chi connectivity index (χ3n) is 2.85. The van der Waals surface area contributed by atoms with Crippen LogP contribution in [-0.2, 0) is 9.53 Å². The Morgan fingerprint density at radius 2 is 1.95 bits per heavy atom. The molecule has 1 rings (SSSR count). The molecule has 0 heterocycles. The molecule has 0 atom stereocenters. The number of esters is 1. The minimum Gasteiger partial charge on any atom is -0.491 e. The van der Waals surface area contributed by atoms with E-state index in [2.05, 4.69) is 4.74 Å². The highest BCUT2D eigenvalue weighted by Gasteiger charge is 2.03. The van der Waals surface area contributed by atoms with Gasteiger partial charge in [0.05, 0.1) is 13.7 Å². The molecule has 3 nitrogen and oxygen atoms in total. The maximum Gasteiger partial charge on any atom is 0.305 e. The molecule has 0 aliphatic heterocycles. The number of hydrogen-bond donors (Lipinski definition) is 0. The third kappa shape index (κ3) is 6.22. The van der Waals surface area contributed by atoms with Gasteiger partial charge in [0.15, 0.2) is 11.6 Å². The minimum absolute atomic E-state index is 0.168. The number of ether oxygens (including phenoxy) is 2. The number of rotatable bonds is 8. The molecule has 0 aliphatic rings. The Morgan fingerprint density at radius 3 is 2.68 bits per heavy atom. The summed E-state index contributed by atoms with van der Waals surface area (Å²) in [5.74, 6) is -0.177. The van der Waals surface area contributed by atoms with Gasteiger partial charge in [0.2, 0.25) is 0 Å². The smallest absolute Gasteiger partial charge is 0.305 e. The molecule has 0 amide bonds. The first-order valence-electron chi connectivity index (χ1n) is 6.59. The van der Waals surface area contributed by atoms with Gasteiger partial charge in [-0.3, -0.25) is 4.79 Å². The van der Waals surface area contributed by atoms with Crippen molar-refractivity contribution in [2.75, 3.05) is 13.7 Å². The van der Waals surface area contributed by atoms with Gasteiger partial charge < -0.3 is 9.47 Å². The van der Waals surface area contributed by atoms with Gasteiger partial charge in [-0.1, -0.05) is 18.9 Å². The SMILES string of the molecule is COC(=O)CCCCCCOc1cc(C)ccc1F. The van der Waals surface area contributed by atoms with E-state index in [1.807, 2.05) is 6.92 Å². The van der Waals surface area contributed by atoms with Gasteiger partial charge in [-0.15, -0.1) is 0 Å². The lowest BCUT2D eigenvalue weighted by Crippen LogP contribution is -2.01. The van der Waals surface area contributed by atoms with Crippen molar-refractivity contribution in [3.05, 3.63) is 29.6 Å². The Balaban J connectivity index is 2.11. The lowest BCUT2D eigenvalue weighted by molar-refractivity contribution is -0.140. The summed E-state index contributed by atoms with van der Waals surface area (Å²) in [5.41, 5.74) is 0.981. The zero-order chi connectivity index (χ0) is 14.1. The van der Waals surface area contributed by atoms with Gasteiger partial charge in [-0.2, -0.15) is 0 Å². The summed E-state index contributed by atoms with van der Waals surface area (Å²) in [6.45, 7) is 2.40. The maximum absolute atomic E-state index is 13.4. The number of hydrogen-bond acceptors (Lipinski definition) is 3. The van der Waals surface area contributed by atoms with Crippen molar-refractivity contribution in [3.63, 3.8) is 0 Å². The second-order valence-electron chi connectivity index (χ2n) is 4.52. The van der Waals surface area contributed by atoms with Crippen LogP contribution >= 0.6 is 0 Å². The van der Waals surface area contributed by atoms with Crippen molar-refractivity contribution in [1.82, 2.24) is 0 Å². The summed E-state index contributed by atoms with van der Waals surface area (Å²) in [6, 6.07) is 4.84. The molecule has 1 aromatic carbocycles. The van der Waals surface area contributed by atoms with E-state index in [0.29, 0.717) is 18.8 Å². The average molecular weight is 268 g/mol. The lowest BCUT2D eigenvalue weighted by atomic mass is 10.1. The van der Waals surface area contributed by atoms with Gasteiger partial charge in [0, 0.05) is 6.42 Å². The van der Waals surface area contributed by atoms with E-state index in [4.69, 9.17) is 4.74 Å². The van der Waals surface area contributed by atoms with Crippen molar-refractivity contribution in [3.8, 4) is 5.75 Å². The van der Waals surface area contributed by atoms with Crippen molar-refractivity contribution < 1.29 is 18.7 Å².